The van der Waals surface area contributed by atoms with Gasteiger partial charge in [0.05, 0.1) is 5.56 Å². The Hall–Kier alpha value is -1.85. The number of hydrogen-bond acceptors (Lipinski definition) is 3. The van der Waals surface area contributed by atoms with E-state index in [-0.39, 0.29) is 0 Å². The van der Waals surface area contributed by atoms with Crippen LogP contribution >= 0.6 is 0 Å². The molecular weight excluding hydrogens is 201 g/mol. The Balaban J connectivity index is 2.82. The highest BCUT2D eigenvalue weighted by atomic mass is 19.2. The van der Waals surface area contributed by atoms with Gasteiger partial charge in [0.15, 0.2) is 17.5 Å². The lowest BCUT2D eigenvalue weighted by Crippen LogP contribution is -2.02. The maximum absolute atomic E-state index is 12.9. The molecule has 0 bridgehead atoms. The number of benzene rings is 1. The summed E-state index contributed by atoms with van der Waals surface area (Å²) in [6.45, 7) is 0. The van der Waals surface area contributed by atoms with Crippen LogP contribution in [-0.2, 0) is 4.74 Å². The van der Waals surface area contributed by atoms with Crippen molar-refractivity contribution in [1.82, 2.24) is 0 Å². The molecule has 0 radical (unpaired) electrons. The molecule has 0 aliphatic carbocycles. The lowest BCUT2D eigenvalue weighted by atomic mass is 10.1. The molecule has 0 N–H and O–H groups in total. The fraction of sp³-hybridized carbons (Fsp3) is 0. The number of halogens is 3. The second-order valence-electron chi connectivity index (χ2n) is 2.59. The Morgan fingerprint density at radius 3 is 2.29 bits per heavy atom. The Bertz CT molecular complexity index is 467. The second-order valence-corrected chi connectivity index (χ2v) is 2.59. The van der Waals surface area contributed by atoms with Crippen LogP contribution in [0.5, 0.6) is 0 Å². The molecule has 1 aliphatic heterocycles. The van der Waals surface area contributed by atoms with Crippen LogP contribution < -0.4 is 0 Å². The predicted octanol–water partition coefficient (Wildman–Crippen LogP) is 1.41. The van der Waals surface area contributed by atoms with E-state index in [2.05, 4.69) is 4.74 Å². The average Bonchev–Trinajstić information content (AvgIpc) is 2.38. The molecule has 0 spiro atoms. The minimum atomic E-state index is -1.80. The molecule has 1 aliphatic rings. The third-order valence-electron chi connectivity index (χ3n) is 1.77. The number of ether oxygens (including phenoxy) is 1. The summed E-state index contributed by atoms with van der Waals surface area (Å²) in [5.74, 6) is -7.51. The van der Waals surface area contributed by atoms with Crippen molar-refractivity contribution in [2.45, 2.75) is 0 Å². The first-order valence-electron chi connectivity index (χ1n) is 3.46. The standard InChI is InChI=1S/C8HF3O3/c9-3-1-2-4(6(11)5(3)10)8(13)14-7(2)12/h1H. The monoisotopic (exact) mass is 202 g/mol. The summed E-state index contributed by atoms with van der Waals surface area (Å²) in [6, 6.07) is 0.432. The van der Waals surface area contributed by atoms with E-state index >= 15 is 0 Å². The van der Waals surface area contributed by atoms with Crippen LogP contribution in [0.3, 0.4) is 0 Å². The predicted molar refractivity (Wildman–Crippen MR) is 36.1 cm³/mol. The minimum absolute atomic E-state index is 0.432. The number of carbonyl (C=O) groups excluding carboxylic acids is 2. The molecule has 0 atom stereocenters. The van der Waals surface area contributed by atoms with E-state index in [9.17, 15) is 22.8 Å². The van der Waals surface area contributed by atoms with E-state index < -0.39 is 40.5 Å². The summed E-state index contributed by atoms with van der Waals surface area (Å²) in [7, 11) is 0. The SMILES string of the molecule is O=C1OC(=O)c2c1cc(F)c(F)c2F. The zero-order valence-corrected chi connectivity index (χ0v) is 6.44. The third kappa shape index (κ3) is 0.935. The second kappa shape index (κ2) is 2.57. The molecule has 1 aromatic rings. The van der Waals surface area contributed by atoms with Gasteiger partial charge in [0.25, 0.3) is 0 Å². The first kappa shape index (κ1) is 8.74. The van der Waals surface area contributed by atoms with Gasteiger partial charge in [-0.2, -0.15) is 0 Å². The quantitative estimate of drug-likeness (QED) is 0.363. The number of rotatable bonds is 0. The molecule has 1 heterocycles. The van der Waals surface area contributed by atoms with Gasteiger partial charge >= 0.3 is 11.9 Å². The van der Waals surface area contributed by atoms with Crippen LogP contribution in [0.1, 0.15) is 20.7 Å². The number of fused-ring (bicyclic) bond motifs is 1. The summed E-state index contributed by atoms with van der Waals surface area (Å²) in [4.78, 5) is 21.6. The highest BCUT2D eigenvalue weighted by molar-refractivity contribution is 6.14. The molecule has 0 unspecified atom stereocenters. The maximum atomic E-state index is 12.9. The summed E-state index contributed by atoms with van der Waals surface area (Å²) in [5, 5.41) is 0. The lowest BCUT2D eigenvalue weighted by molar-refractivity contribution is 0.0442. The maximum Gasteiger partial charge on any atom is 0.350 e. The lowest BCUT2D eigenvalue weighted by Gasteiger charge is -1.97. The van der Waals surface area contributed by atoms with E-state index in [1.807, 2.05) is 0 Å². The molecule has 0 saturated carbocycles. The van der Waals surface area contributed by atoms with Crippen molar-refractivity contribution in [2.24, 2.45) is 0 Å². The van der Waals surface area contributed by atoms with Crippen molar-refractivity contribution in [3.8, 4) is 0 Å². The molecule has 3 nitrogen and oxygen atoms in total. The zero-order valence-electron chi connectivity index (χ0n) is 6.44. The molecule has 14 heavy (non-hydrogen) atoms. The molecule has 2 rings (SSSR count). The zero-order chi connectivity index (χ0) is 10.5. The van der Waals surface area contributed by atoms with Crippen LogP contribution in [0.2, 0.25) is 0 Å². The molecule has 0 saturated heterocycles. The van der Waals surface area contributed by atoms with Crippen molar-refractivity contribution in [3.05, 3.63) is 34.6 Å². The highest BCUT2D eigenvalue weighted by Gasteiger charge is 2.36. The van der Waals surface area contributed by atoms with Gasteiger partial charge in [0.1, 0.15) is 5.56 Å². The van der Waals surface area contributed by atoms with Crippen molar-refractivity contribution >= 4 is 11.9 Å². The molecule has 0 fully saturated rings. The van der Waals surface area contributed by atoms with Crippen molar-refractivity contribution in [3.63, 3.8) is 0 Å². The number of esters is 2. The number of hydrogen-bond donors (Lipinski definition) is 0. The van der Waals surface area contributed by atoms with Crippen molar-refractivity contribution in [2.75, 3.05) is 0 Å². The average molecular weight is 202 g/mol. The Labute approximate surface area is 75.1 Å². The van der Waals surface area contributed by atoms with Crippen molar-refractivity contribution < 1.29 is 27.5 Å². The number of cyclic esters (lactones) is 2. The largest absolute Gasteiger partial charge is 0.386 e. The van der Waals surface area contributed by atoms with Gasteiger partial charge in [0, 0.05) is 0 Å². The van der Waals surface area contributed by atoms with E-state index in [1.165, 1.54) is 0 Å². The topological polar surface area (TPSA) is 43.4 Å². The first-order chi connectivity index (χ1) is 6.52. The highest BCUT2D eigenvalue weighted by Crippen LogP contribution is 2.26. The fourth-order valence-electron chi connectivity index (χ4n) is 1.15. The molecule has 0 aromatic heterocycles. The van der Waals surface area contributed by atoms with Crippen molar-refractivity contribution in [1.29, 1.82) is 0 Å². The molecule has 72 valence electrons. The van der Waals surface area contributed by atoms with Crippen LogP contribution in [0.15, 0.2) is 6.07 Å². The van der Waals surface area contributed by atoms with E-state index in [4.69, 9.17) is 0 Å². The summed E-state index contributed by atoms with van der Waals surface area (Å²) >= 11 is 0. The minimum Gasteiger partial charge on any atom is -0.386 e. The normalized spacial score (nSPS) is 14.2. The first-order valence-corrected chi connectivity index (χ1v) is 3.46. The summed E-state index contributed by atoms with van der Waals surface area (Å²) in [6.07, 6.45) is 0. The van der Waals surface area contributed by atoms with Gasteiger partial charge in [-0.15, -0.1) is 0 Å². The van der Waals surface area contributed by atoms with Crippen LogP contribution in [0, 0.1) is 17.5 Å². The fourth-order valence-corrected chi connectivity index (χ4v) is 1.15. The van der Waals surface area contributed by atoms with Crippen LogP contribution in [0.4, 0.5) is 13.2 Å². The van der Waals surface area contributed by atoms with E-state index in [0.29, 0.717) is 6.07 Å². The van der Waals surface area contributed by atoms with Gasteiger partial charge in [-0.3, -0.25) is 0 Å². The van der Waals surface area contributed by atoms with Gasteiger partial charge in [0.2, 0.25) is 0 Å². The molecular formula is C8HF3O3. The van der Waals surface area contributed by atoms with Gasteiger partial charge in [-0.1, -0.05) is 0 Å². The molecule has 1 aromatic carbocycles. The van der Waals surface area contributed by atoms with Gasteiger partial charge < -0.3 is 4.74 Å². The molecule has 0 amide bonds. The third-order valence-corrected chi connectivity index (χ3v) is 1.77. The van der Waals surface area contributed by atoms with Crippen LogP contribution in [-0.4, -0.2) is 11.9 Å². The van der Waals surface area contributed by atoms with E-state index in [0.717, 1.165) is 0 Å². The summed E-state index contributed by atoms with van der Waals surface area (Å²) in [5.41, 5.74) is -1.44. The molecule has 6 heteroatoms. The summed E-state index contributed by atoms with van der Waals surface area (Å²) < 4.78 is 42.1. The van der Waals surface area contributed by atoms with E-state index in [1.54, 1.807) is 0 Å². The Kier molecular flexibility index (Phi) is 1.60. The number of carbonyl (C=O) groups is 2. The Morgan fingerprint density at radius 2 is 1.64 bits per heavy atom. The van der Waals surface area contributed by atoms with Crippen LogP contribution in [0.25, 0.3) is 0 Å². The van der Waals surface area contributed by atoms with Gasteiger partial charge in [-0.25, -0.2) is 22.8 Å². The Morgan fingerprint density at radius 1 is 1.00 bits per heavy atom. The smallest absolute Gasteiger partial charge is 0.350 e. The van der Waals surface area contributed by atoms with Gasteiger partial charge in [-0.05, 0) is 6.07 Å².